The van der Waals surface area contributed by atoms with Crippen molar-refractivity contribution in [2.24, 2.45) is 0 Å². The number of rotatable bonds is 2. The van der Waals surface area contributed by atoms with E-state index < -0.39 is 14.0 Å². The van der Waals surface area contributed by atoms with E-state index in [9.17, 15) is 0 Å². The van der Waals surface area contributed by atoms with E-state index in [1.807, 2.05) is 0 Å². The number of hydrogen-bond acceptors (Lipinski definition) is 0. The van der Waals surface area contributed by atoms with Crippen molar-refractivity contribution in [3.8, 4) is 0 Å². The van der Waals surface area contributed by atoms with Gasteiger partial charge in [0.15, 0.2) is 0 Å². The number of hydrogen-bond donors (Lipinski definition) is 0. The Morgan fingerprint density at radius 2 is 1.80 bits per heavy atom. The summed E-state index contributed by atoms with van der Waals surface area (Å²) in [4.78, 5) is 0. The molecule has 0 aromatic carbocycles. The van der Waals surface area contributed by atoms with E-state index in [0.717, 1.165) is 5.33 Å². The molecule has 0 bridgehead atoms. The van der Waals surface area contributed by atoms with Crippen LogP contribution < -0.4 is 0 Å². The Kier molecular flexibility index (Phi) is 4.47. The van der Waals surface area contributed by atoms with E-state index in [2.05, 4.69) is 66.9 Å². The van der Waals surface area contributed by atoms with Crippen LogP contribution in [0, 0.1) is 0 Å². The van der Waals surface area contributed by atoms with Crippen LogP contribution in [0.15, 0.2) is 34.8 Å². The number of alkyl halides is 1. The monoisotopic (exact) mass is 308 g/mol. The zero-order valence-corrected chi connectivity index (χ0v) is 14.0. The van der Waals surface area contributed by atoms with Crippen molar-refractivity contribution < 1.29 is 14.0 Å². The van der Waals surface area contributed by atoms with Crippen molar-refractivity contribution in [1.29, 1.82) is 0 Å². The van der Waals surface area contributed by atoms with E-state index in [4.69, 9.17) is 0 Å². The van der Waals surface area contributed by atoms with Crippen LogP contribution in [0.1, 0.15) is 6.42 Å². The molecule has 0 radical (unpaired) electrons. The molecule has 0 nitrogen and oxygen atoms in total. The summed E-state index contributed by atoms with van der Waals surface area (Å²) in [6.45, 7) is 3.43. The molecule has 88 valence electrons. The van der Waals surface area contributed by atoms with Crippen LogP contribution in [0.2, 0.25) is 26.1 Å². The molecule has 0 spiro atoms. The van der Waals surface area contributed by atoms with E-state index in [1.54, 1.807) is 9.95 Å². The molecule has 1 aliphatic rings. The molecule has 0 aromatic heterocycles. The first-order valence-corrected chi connectivity index (χ1v) is 15.3. The van der Waals surface area contributed by atoms with Crippen LogP contribution in [0.25, 0.3) is 0 Å². The molecule has 0 saturated carbocycles. The molecule has 2 heteroatoms. The Hall–Kier alpha value is 0.414. The Balaban J connectivity index is 0.000000423. The summed E-state index contributed by atoms with van der Waals surface area (Å²) in [5.41, 5.74) is 0. The Labute approximate surface area is 102 Å². The first-order chi connectivity index (χ1) is 6.51. The standard InChI is InChI=1S/C5H5.C3H5Br.5CH3.Ti/c1-2-4-5-3-1;1-2-3-4;;;;;;/h1-3H,4H2;2H,1,3H2;5*1H3;. The first-order valence-electron chi connectivity index (χ1n) is 5.55. The van der Waals surface area contributed by atoms with Crippen LogP contribution in [0.3, 0.4) is 0 Å². The SMILES string of the molecule is C=CCBr.[CH3][Ti]([CH3])([CH3])([CH3])([CH3])[C]1=CC=CC1. The van der Waals surface area contributed by atoms with Gasteiger partial charge in [-0.3, -0.25) is 0 Å². The van der Waals surface area contributed by atoms with Crippen molar-refractivity contribution in [1.82, 2.24) is 0 Å². The summed E-state index contributed by atoms with van der Waals surface area (Å²) in [6, 6.07) is 0. The molecule has 1 aliphatic carbocycles. The van der Waals surface area contributed by atoms with Gasteiger partial charge in [0.05, 0.1) is 0 Å². The van der Waals surface area contributed by atoms with Gasteiger partial charge in [0.1, 0.15) is 0 Å². The fraction of sp³-hybridized carbons (Fsp3) is 0.538. The van der Waals surface area contributed by atoms with E-state index in [-0.39, 0.29) is 0 Å². The van der Waals surface area contributed by atoms with Gasteiger partial charge in [-0.1, -0.05) is 22.0 Å². The van der Waals surface area contributed by atoms with Crippen molar-refractivity contribution in [3.05, 3.63) is 34.8 Å². The van der Waals surface area contributed by atoms with E-state index >= 15 is 0 Å². The second kappa shape index (κ2) is 4.35. The predicted molar refractivity (Wildman–Crippen MR) is 75.2 cm³/mol. The van der Waals surface area contributed by atoms with Gasteiger partial charge in [-0.2, -0.15) is 0 Å². The van der Waals surface area contributed by atoms with Crippen molar-refractivity contribution in [2.45, 2.75) is 32.6 Å². The molecule has 15 heavy (non-hydrogen) atoms. The average Bonchev–Trinajstić information content (AvgIpc) is 2.53. The number of halogens is 1. The fourth-order valence-corrected chi connectivity index (χ4v) is 4.60. The third-order valence-corrected chi connectivity index (χ3v) is 8.54. The summed E-state index contributed by atoms with van der Waals surface area (Å²) in [6.07, 6.45) is 9.77. The van der Waals surface area contributed by atoms with Gasteiger partial charge >= 0.3 is 68.7 Å². The maximum absolute atomic E-state index is 3.43. The molecule has 0 aliphatic heterocycles. The summed E-state index contributed by atoms with van der Waals surface area (Å²) >= 11 is 0.524. The zero-order chi connectivity index (χ0) is 12.2. The van der Waals surface area contributed by atoms with Gasteiger partial charge in [0.25, 0.3) is 0 Å². The molecular weight excluding hydrogens is 284 g/mol. The Morgan fingerprint density at radius 3 is 1.93 bits per heavy atom. The normalized spacial score (nSPS) is 19.5. The third kappa shape index (κ3) is 6.55. The van der Waals surface area contributed by atoms with Gasteiger partial charge in [-0.05, 0) is 0 Å². The van der Waals surface area contributed by atoms with Crippen LogP contribution in [0.4, 0.5) is 0 Å². The molecule has 1 rings (SSSR count). The van der Waals surface area contributed by atoms with Gasteiger partial charge in [0, 0.05) is 5.33 Å². The summed E-state index contributed by atoms with van der Waals surface area (Å²) < 4.78 is 1.70. The molecular formula is C13H25BrTi. The van der Waals surface area contributed by atoms with Gasteiger partial charge < -0.3 is 0 Å². The minimum atomic E-state index is -2.61. The van der Waals surface area contributed by atoms with Crippen LogP contribution in [-0.4, -0.2) is 5.33 Å². The molecule has 0 unspecified atom stereocenters. The summed E-state index contributed by atoms with van der Waals surface area (Å²) in [5, 5.41) is 13.3. The first kappa shape index (κ1) is 15.4. The quantitative estimate of drug-likeness (QED) is 0.340. The van der Waals surface area contributed by atoms with Crippen LogP contribution in [0.5, 0.6) is 0 Å². The van der Waals surface area contributed by atoms with E-state index in [0.29, 0.717) is 0 Å². The summed E-state index contributed by atoms with van der Waals surface area (Å²) in [5.74, 6) is 0. The molecule has 0 N–H and O–H groups in total. The minimum absolute atomic E-state index is 0.896. The molecule has 0 atom stereocenters. The number of allylic oxidation sites excluding steroid dienone is 5. The zero-order valence-electron chi connectivity index (χ0n) is 10.8. The van der Waals surface area contributed by atoms with Gasteiger partial charge in [0.2, 0.25) is 0 Å². The Morgan fingerprint density at radius 1 is 1.33 bits per heavy atom. The van der Waals surface area contributed by atoms with Gasteiger partial charge in [-0.15, -0.1) is 6.58 Å². The molecule has 0 saturated heterocycles. The van der Waals surface area contributed by atoms with E-state index in [1.165, 1.54) is 6.42 Å². The maximum atomic E-state index is 3.43. The molecule has 0 amide bonds. The predicted octanol–water partition coefficient (Wildman–Crippen LogP) is 5.86. The third-order valence-electron chi connectivity index (χ3n) is 2.49. The van der Waals surface area contributed by atoms with Crippen molar-refractivity contribution in [2.75, 3.05) is 5.33 Å². The second-order valence-corrected chi connectivity index (χ2v) is 29.2. The second-order valence-electron chi connectivity index (χ2n) is 8.02. The van der Waals surface area contributed by atoms with Gasteiger partial charge in [-0.25, -0.2) is 0 Å². The van der Waals surface area contributed by atoms with Crippen LogP contribution >= 0.6 is 15.9 Å². The van der Waals surface area contributed by atoms with Crippen molar-refractivity contribution in [3.63, 3.8) is 0 Å². The molecule has 0 fully saturated rings. The Bertz CT molecular complexity index is 287. The molecule has 0 heterocycles. The fourth-order valence-electron chi connectivity index (χ4n) is 1.37. The summed E-state index contributed by atoms with van der Waals surface area (Å²) in [7, 11) is 0. The van der Waals surface area contributed by atoms with Crippen LogP contribution in [-0.2, 0) is 14.0 Å². The average molecular weight is 309 g/mol. The van der Waals surface area contributed by atoms with Crippen molar-refractivity contribution >= 4 is 15.9 Å². The topological polar surface area (TPSA) is 0 Å². The molecule has 0 aromatic rings.